The minimum atomic E-state index is -0.992. The lowest BCUT2D eigenvalue weighted by Gasteiger charge is -2.34. The third kappa shape index (κ3) is 9.49. The second-order valence-corrected chi connectivity index (χ2v) is 15.8. The molecule has 4 aliphatic rings. The number of piperidine rings is 1. The van der Waals surface area contributed by atoms with Gasteiger partial charge >= 0.3 is 0 Å². The maximum absolute atomic E-state index is 13.9. The van der Waals surface area contributed by atoms with E-state index in [2.05, 4.69) is 26.3 Å². The number of aromatic nitrogens is 1. The third-order valence-corrected chi connectivity index (χ3v) is 11.7. The standard InChI is InChI=1S/C44H51FN8O7/c1-27-34(24-31-30-23-28(45)14-15-32(30)49-41(31)57)47-25-35(27)48-38(55)26-51-19-21-52(22-20-51)39(56)13-8-6-4-2-3-5-7-9-18-46-33-12-10-11-29-40(33)44(60)53(43(29)59)36-16-17-37(54)50-42(36)58/h10-12,14-15,23-25,36,46-47H,2-9,13,16-22,26H2,1H3,(H,48,55)(H,49,57)(H,50,54,58)/b31-24-. The van der Waals surface area contributed by atoms with Gasteiger partial charge in [-0.05, 0) is 68.2 Å². The van der Waals surface area contributed by atoms with Gasteiger partial charge in [-0.25, -0.2) is 4.39 Å². The zero-order valence-electron chi connectivity index (χ0n) is 33.8. The molecular weight excluding hydrogens is 772 g/mol. The lowest BCUT2D eigenvalue weighted by Crippen LogP contribution is -2.54. The Balaban J connectivity index is 0.729. The number of piperazine rings is 1. The van der Waals surface area contributed by atoms with Gasteiger partial charge in [-0.3, -0.25) is 48.7 Å². The van der Waals surface area contributed by atoms with Crippen molar-refractivity contribution in [2.24, 2.45) is 0 Å². The number of aromatic amines is 1. The van der Waals surface area contributed by atoms with Crippen LogP contribution in [-0.4, -0.2) is 106 Å². The highest BCUT2D eigenvalue weighted by atomic mass is 19.1. The Hall–Kier alpha value is -6.16. The van der Waals surface area contributed by atoms with Gasteiger partial charge in [-0.15, -0.1) is 0 Å². The molecule has 0 radical (unpaired) electrons. The van der Waals surface area contributed by atoms with Crippen molar-refractivity contribution in [2.45, 2.75) is 83.6 Å². The summed E-state index contributed by atoms with van der Waals surface area (Å²) in [5.74, 6) is -2.84. The van der Waals surface area contributed by atoms with E-state index in [0.29, 0.717) is 73.0 Å². The highest BCUT2D eigenvalue weighted by Crippen LogP contribution is 2.35. The largest absolute Gasteiger partial charge is 0.384 e. The first-order chi connectivity index (χ1) is 29.0. The summed E-state index contributed by atoms with van der Waals surface area (Å²) in [7, 11) is 0. The summed E-state index contributed by atoms with van der Waals surface area (Å²) in [6.07, 6.45) is 12.1. The molecule has 2 saturated heterocycles. The van der Waals surface area contributed by atoms with Gasteiger partial charge in [0.25, 0.3) is 17.7 Å². The van der Waals surface area contributed by atoms with Gasteiger partial charge in [0.15, 0.2) is 0 Å². The van der Waals surface area contributed by atoms with Gasteiger partial charge < -0.3 is 25.8 Å². The number of imide groups is 2. The number of amides is 7. The van der Waals surface area contributed by atoms with Crippen LogP contribution >= 0.6 is 0 Å². The quantitative estimate of drug-likeness (QED) is 0.0703. The van der Waals surface area contributed by atoms with E-state index >= 15 is 0 Å². The summed E-state index contributed by atoms with van der Waals surface area (Å²) < 4.78 is 13.9. The van der Waals surface area contributed by atoms with Gasteiger partial charge in [0.05, 0.1) is 28.9 Å². The minimum absolute atomic E-state index is 0.0767. The van der Waals surface area contributed by atoms with Crippen LogP contribution in [-0.2, 0) is 24.0 Å². The van der Waals surface area contributed by atoms with E-state index in [9.17, 15) is 38.0 Å². The Bertz CT molecular complexity index is 2230. The number of hydrogen-bond acceptors (Lipinski definition) is 9. The van der Waals surface area contributed by atoms with Crippen LogP contribution in [0.5, 0.6) is 0 Å². The SMILES string of the molecule is Cc1c(NC(=O)CN2CCN(C(=O)CCCCCCCCCCNc3cccc4c3C(=O)N(C3CCC(=O)NC3=O)C4=O)CC2)c[nH]c1/C=C1\C(=O)Nc2ccc(F)cc21. The van der Waals surface area contributed by atoms with Crippen molar-refractivity contribution in [3.8, 4) is 0 Å². The number of rotatable bonds is 17. The normalized spacial score (nSPS) is 18.5. The van der Waals surface area contributed by atoms with Crippen LogP contribution in [0.3, 0.4) is 0 Å². The number of fused-ring (bicyclic) bond motifs is 2. The molecular formula is C44H51FN8O7. The Morgan fingerprint density at radius 1 is 0.850 bits per heavy atom. The molecule has 5 N–H and O–H groups in total. The van der Waals surface area contributed by atoms with Gasteiger partial charge in [0.2, 0.25) is 23.6 Å². The Morgan fingerprint density at radius 3 is 2.33 bits per heavy atom. The third-order valence-electron chi connectivity index (χ3n) is 11.7. The first-order valence-corrected chi connectivity index (χ1v) is 20.9. The number of anilines is 3. The van der Waals surface area contributed by atoms with Gasteiger partial charge in [0, 0.05) is 74.4 Å². The molecule has 16 heteroatoms. The number of halogens is 1. The van der Waals surface area contributed by atoms with Crippen molar-refractivity contribution in [3.63, 3.8) is 0 Å². The molecule has 60 heavy (non-hydrogen) atoms. The molecule has 0 spiro atoms. The molecule has 7 amide bonds. The molecule has 3 aromatic rings. The number of unbranched alkanes of at least 4 members (excludes halogenated alkanes) is 7. The Labute approximate surface area is 347 Å². The number of benzene rings is 2. The van der Waals surface area contributed by atoms with Crippen LogP contribution in [0.15, 0.2) is 42.6 Å². The highest BCUT2D eigenvalue weighted by Gasteiger charge is 2.45. The van der Waals surface area contributed by atoms with Gasteiger partial charge in [-0.1, -0.05) is 44.6 Å². The fraction of sp³-hybridized carbons (Fsp3) is 0.432. The molecule has 0 aliphatic carbocycles. The molecule has 5 heterocycles. The zero-order valence-corrected chi connectivity index (χ0v) is 33.8. The summed E-state index contributed by atoms with van der Waals surface area (Å²) in [6.45, 7) is 5.04. The highest BCUT2D eigenvalue weighted by molar-refractivity contribution is 6.35. The van der Waals surface area contributed by atoms with Crippen molar-refractivity contribution < 1.29 is 38.0 Å². The average molecular weight is 823 g/mol. The fourth-order valence-corrected chi connectivity index (χ4v) is 8.29. The van der Waals surface area contributed by atoms with E-state index in [1.807, 2.05) is 16.7 Å². The van der Waals surface area contributed by atoms with Gasteiger partial charge in [-0.2, -0.15) is 0 Å². The van der Waals surface area contributed by atoms with E-state index in [0.717, 1.165) is 61.8 Å². The first kappa shape index (κ1) is 42.0. The van der Waals surface area contributed by atoms with Crippen LogP contribution in [0.2, 0.25) is 0 Å². The topological polar surface area (TPSA) is 193 Å². The van der Waals surface area contributed by atoms with Crippen LogP contribution in [0.25, 0.3) is 11.6 Å². The molecule has 1 atom stereocenters. The Kier molecular flexibility index (Phi) is 13.2. The summed E-state index contributed by atoms with van der Waals surface area (Å²) in [6, 6.07) is 8.22. The molecule has 15 nitrogen and oxygen atoms in total. The predicted molar refractivity (Wildman–Crippen MR) is 223 cm³/mol. The molecule has 0 bridgehead atoms. The Morgan fingerprint density at radius 2 is 1.58 bits per heavy atom. The lowest BCUT2D eigenvalue weighted by atomic mass is 10.0. The van der Waals surface area contributed by atoms with Crippen LogP contribution in [0.4, 0.5) is 21.5 Å². The van der Waals surface area contributed by atoms with Crippen molar-refractivity contribution in [1.29, 1.82) is 0 Å². The second-order valence-electron chi connectivity index (χ2n) is 15.8. The molecule has 2 aromatic carbocycles. The predicted octanol–water partition coefficient (Wildman–Crippen LogP) is 5.06. The van der Waals surface area contributed by atoms with E-state index in [4.69, 9.17) is 0 Å². The number of carbonyl (C=O) groups excluding carboxylic acids is 7. The van der Waals surface area contributed by atoms with Crippen molar-refractivity contribution in [3.05, 3.63) is 76.4 Å². The summed E-state index contributed by atoms with van der Waals surface area (Å²) in [4.78, 5) is 96.6. The number of carbonyl (C=O) groups is 7. The van der Waals surface area contributed by atoms with Crippen LogP contribution in [0.1, 0.15) is 108 Å². The van der Waals surface area contributed by atoms with Crippen LogP contribution in [0, 0.1) is 12.7 Å². The summed E-state index contributed by atoms with van der Waals surface area (Å²) >= 11 is 0. The minimum Gasteiger partial charge on any atom is -0.384 e. The summed E-state index contributed by atoms with van der Waals surface area (Å²) in [5, 5.41) is 11.2. The van der Waals surface area contributed by atoms with E-state index in [1.165, 1.54) is 18.2 Å². The van der Waals surface area contributed by atoms with Crippen molar-refractivity contribution in [2.75, 3.05) is 55.2 Å². The molecule has 1 aromatic heterocycles. The number of hydrogen-bond donors (Lipinski definition) is 5. The number of H-pyrrole nitrogens is 1. The molecule has 4 aliphatic heterocycles. The zero-order chi connectivity index (χ0) is 42.3. The number of nitrogens with one attached hydrogen (secondary N) is 5. The summed E-state index contributed by atoms with van der Waals surface area (Å²) in [5.41, 5.74) is 4.48. The monoisotopic (exact) mass is 822 g/mol. The molecule has 2 fully saturated rings. The van der Waals surface area contributed by atoms with Crippen molar-refractivity contribution in [1.82, 2.24) is 25.0 Å². The van der Waals surface area contributed by atoms with Crippen LogP contribution < -0.4 is 21.3 Å². The van der Waals surface area contributed by atoms with E-state index in [1.54, 1.807) is 30.5 Å². The second kappa shape index (κ2) is 18.8. The maximum Gasteiger partial charge on any atom is 0.264 e. The molecule has 0 saturated carbocycles. The smallest absolute Gasteiger partial charge is 0.264 e. The van der Waals surface area contributed by atoms with E-state index in [-0.39, 0.29) is 48.2 Å². The molecule has 1 unspecified atom stereocenters. The average Bonchev–Trinajstić information content (AvgIpc) is 3.82. The van der Waals surface area contributed by atoms with E-state index < -0.39 is 35.5 Å². The number of nitrogens with zero attached hydrogens (tertiary/aromatic N) is 3. The molecule has 7 rings (SSSR count). The maximum atomic E-state index is 13.9. The first-order valence-electron chi connectivity index (χ1n) is 20.9. The van der Waals surface area contributed by atoms with Gasteiger partial charge in [0.1, 0.15) is 11.9 Å². The van der Waals surface area contributed by atoms with Crippen molar-refractivity contribution >= 4 is 70.1 Å². The fourth-order valence-electron chi connectivity index (χ4n) is 8.29. The lowest BCUT2D eigenvalue weighted by molar-refractivity contribution is -0.136. The molecule has 316 valence electrons.